The minimum atomic E-state index is -3.31. The molecular weight excluding hydrogens is 563 g/mol. The number of piperazine rings is 1. The fourth-order valence-corrected chi connectivity index (χ4v) is 6.40. The van der Waals surface area contributed by atoms with Gasteiger partial charge in [-0.05, 0) is 35.9 Å². The van der Waals surface area contributed by atoms with Crippen LogP contribution in [0.5, 0.6) is 0 Å². The first-order chi connectivity index (χ1) is 18.5. The van der Waals surface area contributed by atoms with Crippen LogP contribution in [0.25, 0.3) is 11.0 Å². The average molecular weight is 592 g/mol. The zero-order valence-corrected chi connectivity index (χ0v) is 23.8. The minimum absolute atomic E-state index is 0.183. The third kappa shape index (κ3) is 5.67. The van der Waals surface area contributed by atoms with Crippen molar-refractivity contribution in [2.24, 2.45) is 0 Å². The molecule has 3 amide bonds. The van der Waals surface area contributed by atoms with Crippen LogP contribution in [0.15, 0.2) is 48.8 Å². The van der Waals surface area contributed by atoms with Gasteiger partial charge in [0.2, 0.25) is 10.0 Å². The number of likely N-dealkylation sites (tertiary alicyclic amines) is 1. The Bertz CT molecular complexity index is 1530. The van der Waals surface area contributed by atoms with E-state index in [0.29, 0.717) is 52.8 Å². The number of hydrogen-bond donors (Lipinski definition) is 0. The van der Waals surface area contributed by atoms with Gasteiger partial charge in [-0.25, -0.2) is 13.2 Å². The molecule has 1 aromatic heterocycles. The predicted molar refractivity (Wildman–Crippen MR) is 150 cm³/mol. The highest BCUT2D eigenvalue weighted by Gasteiger charge is 2.42. The molecular formula is C26H28Cl2N6O4S. The monoisotopic (exact) mass is 590 g/mol. The molecule has 39 heavy (non-hydrogen) atoms. The predicted octanol–water partition coefficient (Wildman–Crippen LogP) is 3.17. The first-order valence-corrected chi connectivity index (χ1v) is 15.0. The summed E-state index contributed by atoms with van der Waals surface area (Å²) in [4.78, 5) is 40.8. The topological polar surface area (TPSA) is 107 Å². The maximum atomic E-state index is 13.6. The van der Waals surface area contributed by atoms with Crippen LogP contribution in [0, 0.1) is 0 Å². The number of urea groups is 1. The second kappa shape index (κ2) is 10.9. The van der Waals surface area contributed by atoms with Crippen molar-refractivity contribution in [2.45, 2.75) is 12.0 Å². The molecule has 10 nitrogen and oxygen atoms in total. The molecule has 2 aromatic carbocycles. The number of sulfonamides is 1. The summed E-state index contributed by atoms with van der Waals surface area (Å²) in [6, 6.07) is 10.1. The van der Waals surface area contributed by atoms with E-state index in [-0.39, 0.29) is 37.0 Å². The molecule has 0 bridgehead atoms. The second-order valence-corrected chi connectivity index (χ2v) is 12.7. The van der Waals surface area contributed by atoms with Crippen LogP contribution in [-0.4, -0.2) is 108 Å². The Morgan fingerprint density at radius 2 is 1.59 bits per heavy atom. The highest BCUT2D eigenvalue weighted by Crippen LogP contribution is 2.35. The van der Waals surface area contributed by atoms with Crippen molar-refractivity contribution in [1.82, 2.24) is 29.0 Å². The summed E-state index contributed by atoms with van der Waals surface area (Å²) in [5.74, 6) is -0.413. The van der Waals surface area contributed by atoms with Gasteiger partial charge >= 0.3 is 6.03 Å². The molecule has 3 heterocycles. The van der Waals surface area contributed by atoms with Crippen molar-refractivity contribution in [2.75, 3.05) is 52.6 Å². The van der Waals surface area contributed by atoms with E-state index in [1.807, 2.05) is 6.07 Å². The number of hydrogen-bond acceptors (Lipinski definition) is 6. The average Bonchev–Trinajstić information content (AvgIpc) is 3.38. The summed E-state index contributed by atoms with van der Waals surface area (Å²) in [5.41, 5.74) is 2.66. The number of likely N-dealkylation sites (N-methyl/N-ethyl adjacent to an activating group) is 1. The standard InChI is InChI=1S/C26H28Cl2N6O4S/c1-31(25(35)18-4-6-22-23(14-18)30-8-7-29-22)24-16-33(15-19(24)17-3-5-20(27)21(28)13-17)26(36)32-9-11-34(12-10-32)39(2,37)38/h3-8,13-14,19,24H,9-12,15-16H2,1-2H3/t19?,24-/m1/s1. The molecule has 2 saturated heterocycles. The number of rotatable bonds is 4. The Kier molecular flexibility index (Phi) is 7.69. The van der Waals surface area contributed by atoms with Gasteiger partial charge < -0.3 is 14.7 Å². The molecule has 2 aliphatic rings. The number of amides is 3. The molecule has 206 valence electrons. The first kappa shape index (κ1) is 27.6. The Morgan fingerprint density at radius 1 is 0.897 bits per heavy atom. The number of nitrogens with zero attached hydrogens (tertiary/aromatic N) is 6. The van der Waals surface area contributed by atoms with Crippen LogP contribution in [-0.2, 0) is 10.0 Å². The smallest absolute Gasteiger partial charge is 0.320 e. The molecule has 0 radical (unpaired) electrons. The number of fused-ring (bicyclic) bond motifs is 1. The molecule has 1 unspecified atom stereocenters. The molecule has 2 atom stereocenters. The van der Waals surface area contributed by atoms with Crippen LogP contribution in [0.3, 0.4) is 0 Å². The van der Waals surface area contributed by atoms with Crippen LogP contribution >= 0.6 is 23.2 Å². The van der Waals surface area contributed by atoms with E-state index in [2.05, 4.69) is 9.97 Å². The molecule has 2 aliphatic heterocycles. The molecule has 0 N–H and O–H groups in total. The van der Waals surface area contributed by atoms with E-state index in [1.165, 1.54) is 10.6 Å². The lowest BCUT2D eigenvalue weighted by Gasteiger charge is -2.35. The van der Waals surface area contributed by atoms with Crippen LogP contribution in [0.1, 0.15) is 21.8 Å². The summed E-state index contributed by atoms with van der Waals surface area (Å²) in [5, 5.41) is 0.824. The van der Waals surface area contributed by atoms with Gasteiger partial charge in [0, 0.05) is 70.2 Å². The molecule has 2 fully saturated rings. The highest BCUT2D eigenvalue weighted by atomic mass is 35.5. The SMILES string of the molecule is CN(C(=O)c1ccc2nccnc2c1)[C@@H]1CN(C(=O)N2CCN(S(C)(=O)=O)CC2)CC1c1ccc(Cl)c(Cl)c1. The second-order valence-electron chi connectivity index (χ2n) is 9.86. The zero-order chi connectivity index (χ0) is 27.9. The lowest BCUT2D eigenvalue weighted by Crippen LogP contribution is -2.53. The molecule has 5 rings (SSSR count). The summed E-state index contributed by atoms with van der Waals surface area (Å²) in [6.45, 7) is 1.79. The highest BCUT2D eigenvalue weighted by molar-refractivity contribution is 7.88. The van der Waals surface area contributed by atoms with E-state index < -0.39 is 10.0 Å². The molecule has 0 spiro atoms. The lowest BCUT2D eigenvalue weighted by atomic mass is 9.93. The quantitative estimate of drug-likeness (QED) is 0.462. The van der Waals surface area contributed by atoms with Gasteiger partial charge in [0.25, 0.3) is 5.91 Å². The Balaban J connectivity index is 1.39. The number of carbonyl (C=O) groups is 2. The molecule has 0 saturated carbocycles. The summed E-state index contributed by atoms with van der Waals surface area (Å²) >= 11 is 12.5. The third-order valence-corrected chi connectivity index (χ3v) is 9.49. The van der Waals surface area contributed by atoms with Gasteiger partial charge in [-0.15, -0.1) is 0 Å². The van der Waals surface area contributed by atoms with Crippen molar-refractivity contribution >= 4 is 56.2 Å². The van der Waals surface area contributed by atoms with Gasteiger partial charge in [0.05, 0.1) is 33.4 Å². The zero-order valence-electron chi connectivity index (χ0n) is 21.5. The lowest BCUT2D eigenvalue weighted by molar-refractivity contribution is 0.0723. The molecule has 0 aliphatic carbocycles. The van der Waals surface area contributed by atoms with E-state index in [1.54, 1.807) is 64.5 Å². The van der Waals surface area contributed by atoms with Crippen molar-refractivity contribution in [3.05, 3.63) is 70.0 Å². The maximum Gasteiger partial charge on any atom is 0.320 e. The van der Waals surface area contributed by atoms with Gasteiger partial charge in [-0.3, -0.25) is 14.8 Å². The van der Waals surface area contributed by atoms with Crippen molar-refractivity contribution in [1.29, 1.82) is 0 Å². The fourth-order valence-electron chi connectivity index (χ4n) is 5.27. The van der Waals surface area contributed by atoms with Crippen molar-refractivity contribution < 1.29 is 18.0 Å². The summed E-state index contributed by atoms with van der Waals surface area (Å²) in [6.07, 6.45) is 4.35. The number of aromatic nitrogens is 2. The van der Waals surface area contributed by atoms with Crippen LogP contribution in [0.2, 0.25) is 10.0 Å². The normalized spacial score (nSPS) is 20.4. The van der Waals surface area contributed by atoms with Gasteiger partial charge in [-0.1, -0.05) is 29.3 Å². The summed E-state index contributed by atoms with van der Waals surface area (Å²) < 4.78 is 25.2. The number of benzene rings is 2. The van der Waals surface area contributed by atoms with Crippen LogP contribution in [0.4, 0.5) is 4.79 Å². The Hall–Kier alpha value is -2.99. The Morgan fingerprint density at radius 3 is 2.26 bits per heavy atom. The summed E-state index contributed by atoms with van der Waals surface area (Å²) in [7, 11) is -1.58. The van der Waals surface area contributed by atoms with Gasteiger partial charge in [-0.2, -0.15) is 4.31 Å². The largest absolute Gasteiger partial charge is 0.336 e. The van der Waals surface area contributed by atoms with E-state index in [9.17, 15) is 18.0 Å². The molecule has 3 aromatic rings. The fraction of sp³-hybridized carbons (Fsp3) is 0.385. The Labute approximate surface area is 237 Å². The minimum Gasteiger partial charge on any atom is -0.336 e. The number of carbonyl (C=O) groups excluding carboxylic acids is 2. The van der Waals surface area contributed by atoms with E-state index >= 15 is 0 Å². The van der Waals surface area contributed by atoms with E-state index in [4.69, 9.17) is 23.2 Å². The maximum absolute atomic E-state index is 13.6. The first-order valence-electron chi connectivity index (χ1n) is 12.4. The van der Waals surface area contributed by atoms with Gasteiger partial charge in [0.15, 0.2) is 0 Å². The van der Waals surface area contributed by atoms with E-state index in [0.717, 1.165) is 5.56 Å². The third-order valence-electron chi connectivity index (χ3n) is 7.44. The van der Waals surface area contributed by atoms with Crippen molar-refractivity contribution in [3.8, 4) is 0 Å². The number of halogens is 2. The van der Waals surface area contributed by atoms with Crippen LogP contribution < -0.4 is 0 Å². The van der Waals surface area contributed by atoms with Gasteiger partial charge in [0.1, 0.15) is 0 Å². The molecule has 13 heteroatoms. The van der Waals surface area contributed by atoms with Crippen molar-refractivity contribution in [3.63, 3.8) is 0 Å².